The van der Waals surface area contributed by atoms with Crippen LogP contribution in [0.2, 0.25) is 0 Å². The van der Waals surface area contributed by atoms with Gasteiger partial charge in [0.2, 0.25) is 5.95 Å². The molecule has 1 N–H and O–H groups in total. The normalized spacial score (nSPS) is 23.2. The van der Waals surface area contributed by atoms with Gasteiger partial charge >= 0.3 is 0 Å². The van der Waals surface area contributed by atoms with Crippen molar-refractivity contribution in [3.63, 3.8) is 0 Å². The predicted octanol–water partition coefficient (Wildman–Crippen LogP) is 0.607. The molecule has 1 atom stereocenters. The fourth-order valence-corrected chi connectivity index (χ4v) is 1.92. The molecule has 13 heavy (non-hydrogen) atoms. The van der Waals surface area contributed by atoms with E-state index in [4.69, 9.17) is 0 Å². The lowest BCUT2D eigenvalue weighted by Gasteiger charge is -2.30. The summed E-state index contributed by atoms with van der Waals surface area (Å²) < 4.78 is 0. The average Bonchev–Trinajstić information content (AvgIpc) is 2.19. The van der Waals surface area contributed by atoms with E-state index in [2.05, 4.69) is 36.1 Å². The van der Waals surface area contributed by atoms with E-state index in [1.807, 2.05) is 6.07 Å². The Bertz CT molecular complexity index is 266. The maximum absolute atomic E-state index is 4.20. The van der Waals surface area contributed by atoms with Crippen LogP contribution in [-0.4, -0.2) is 34.6 Å². The highest BCUT2D eigenvalue weighted by Crippen LogP contribution is 2.10. The van der Waals surface area contributed by atoms with Crippen LogP contribution in [0.1, 0.15) is 0 Å². The fraction of sp³-hybridized carbons (Fsp3) is 0.500. The molecule has 70 valence electrons. The smallest absolute Gasteiger partial charge is 0.225 e. The molecule has 1 aliphatic heterocycles. The van der Waals surface area contributed by atoms with Gasteiger partial charge in [-0.15, -0.1) is 0 Å². The molecule has 0 bridgehead atoms. The van der Waals surface area contributed by atoms with Gasteiger partial charge in [-0.3, -0.25) is 0 Å². The fourth-order valence-electron chi connectivity index (χ4n) is 1.34. The first-order valence-corrected chi connectivity index (χ1v) is 5.17. The maximum Gasteiger partial charge on any atom is 0.225 e. The molecule has 0 aliphatic carbocycles. The van der Waals surface area contributed by atoms with Gasteiger partial charge in [0.05, 0.1) is 4.95 Å². The Morgan fingerprint density at radius 3 is 2.92 bits per heavy atom. The summed E-state index contributed by atoms with van der Waals surface area (Å²) in [5.74, 6) is 0.813. The van der Waals surface area contributed by atoms with Crippen molar-refractivity contribution in [2.45, 2.75) is 4.95 Å². The van der Waals surface area contributed by atoms with E-state index in [1.54, 1.807) is 12.4 Å². The van der Waals surface area contributed by atoms with Gasteiger partial charge in [-0.25, -0.2) is 9.97 Å². The first-order chi connectivity index (χ1) is 6.36. The first kappa shape index (κ1) is 8.90. The standard InChI is InChI=1S/C8H11BrN4/c9-7-6-13(5-4-10-7)8-11-2-1-3-12-8/h1-3,7,10H,4-6H2. The molecule has 4 nitrogen and oxygen atoms in total. The largest absolute Gasteiger partial charge is 0.337 e. The highest BCUT2D eigenvalue weighted by Gasteiger charge is 2.18. The van der Waals surface area contributed by atoms with Gasteiger partial charge in [-0.05, 0) is 6.07 Å². The highest BCUT2D eigenvalue weighted by atomic mass is 79.9. The number of aromatic nitrogens is 2. The second-order valence-corrected chi connectivity index (χ2v) is 4.02. The lowest BCUT2D eigenvalue weighted by molar-refractivity contribution is 0.557. The third kappa shape index (κ3) is 2.16. The number of alkyl halides is 1. The Kier molecular flexibility index (Phi) is 2.75. The number of nitrogens with zero attached hydrogens (tertiary/aromatic N) is 3. The minimum atomic E-state index is 0.338. The van der Waals surface area contributed by atoms with Crippen molar-refractivity contribution in [2.24, 2.45) is 0 Å². The molecule has 2 heterocycles. The van der Waals surface area contributed by atoms with Crippen molar-refractivity contribution >= 4 is 21.9 Å². The monoisotopic (exact) mass is 242 g/mol. The van der Waals surface area contributed by atoms with Crippen molar-refractivity contribution in [3.8, 4) is 0 Å². The van der Waals surface area contributed by atoms with Crippen LogP contribution in [0.3, 0.4) is 0 Å². The summed E-state index contributed by atoms with van der Waals surface area (Å²) in [7, 11) is 0. The first-order valence-electron chi connectivity index (χ1n) is 4.26. The second-order valence-electron chi connectivity index (χ2n) is 2.92. The Labute approximate surface area is 85.5 Å². The molecule has 0 radical (unpaired) electrons. The van der Waals surface area contributed by atoms with Gasteiger partial charge in [0.1, 0.15) is 0 Å². The molecule has 1 aromatic heterocycles. The van der Waals surface area contributed by atoms with Gasteiger partial charge in [0, 0.05) is 32.0 Å². The van der Waals surface area contributed by atoms with E-state index < -0.39 is 0 Å². The van der Waals surface area contributed by atoms with E-state index in [9.17, 15) is 0 Å². The number of hydrogen-bond donors (Lipinski definition) is 1. The molecule has 1 unspecified atom stereocenters. The van der Waals surface area contributed by atoms with Crippen LogP contribution in [-0.2, 0) is 0 Å². The second kappa shape index (κ2) is 4.02. The molecule has 0 amide bonds. The lowest BCUT2D eigenvalue weighted by atomic mass is 10.4. The third-order valence-electron chi connectivity index (χ3n) is 1.96. The van der Waals surface area contributed by atoms with Crippen LogP contribution in [0.4, 0.5) is 5.95 Å². The van der Waals surface area contributed by atoms with E-state index in [0.717, 1.165) is 25.6 Å². The number of piperazine rings is 1. The van der Waals surface area contributed by atoms with Crippen LogP contribution in [0, 0.1) is 0 Å². The van der Waals surface area contributed by atoms with Crippen LogP contribution in [0.15, 0.2) is 18.5 Å². The van der Waals surface area contributed by atoms with E-state index in [0.29, 0.717) is 4.95 Å². The summed E-state index contributed by atoms with van der Waals surface area (Å²) in [5.41, 5.74) is 0. The molecule has 0 spiro atoms. The zero-order valence-corrected chi connectivity index (χ0v) is 8.74. The summed E-state index contributed by atoms with van der Waals surface area (Å²) in [6.45, 7) is 2.84. The van der Waals surface area contributed by atoms with Crippen LogP contribution in [0.25, 0.3) is 0 Å². The molecule has 5 heteroatoms. The van der Waals surface area contributed by atoms with Gasteiger partial charge in [0.25, 0.3) is 0 Å². The Balaban J connectivity index is 2.08. The maximum atomic E-state index is 4.20. The van der Waals surface area contributed by atoms with Gasteiger partial charge in [-0.1, -0.05) is 15.9 Å². The van der Waals surface area contributed by atoms with Gasteiger partial charge < -0.3 is 10.2 Å². The third-order valence-corrected chi connectivity index (χ3v) is 2.58. The molecule has 1 saturated heterocycles. The number of nitrogens with one attached hydrogen (secondary N) is 1. The van der Waals surface area contributed by atoms with E-state index in [-0.39, 0.29) is 0 Å². The molecule has 2 rings (SSSR count). The number of rotatable bonds is 1. The molecule has 1 fully saturated rings. The molecule has 0 aromatic carbocycles. The highest BCUT2D eigenvalue weighted by molar-refractivity contribution is 9.09. The number of hydrogen-bond acceptors (Lipinski definition) is 4. The van der Waals surface area contributed by atoms with Crippen LogP contribution >= 0.6 is 15.9 Å². The topological polar surface area (TPSA) is 41.1 Å². The van der Waals surface area contributed by atoms with E-state index >= 15 is 0 Å². The lowest BCUT2D eigenvalue weighted by Crippen LogP contribution is -2.48. The van der Waals surface area contributed by atoms with Gasteiger partial charge in [-0.2, -0.15) is 0 Å². The van der Waals surface area contributed by atoms with Gasteiger partial charge in [0.15, 0.2) is 0 Å². The zero-order valence-electron chi connectivity index (χ0n) is 7.15. The summed E-state index contributed by atoms with van der Waals surface area (Å²) in [6, 6.07) is 1.83. The van der Waals surface area contributed by atoms with Crippen molar-refractivity contribution in [3.05, 3.63) is 18.5 Å². The molecule has 0 saturated carbocycles. The molecular weight excluding hydrogens is 232 g/mol. The van der Waals surface area contributed by atoms with Crippen molar-refractivity contribution < 1.29 is 0 Å². The Morgan fingerprint density at radius 2 is 2.23 bits per heavy atom. The summed E-state index contributed by atoms with van der Waals surface area (Å²) in [6.07, 6.45) is 3.54. The SMILES string of the molecule is BrC1CN(c2ncccn2)CCN1. The molecule has 1 aliphatic rings. The van der Waals surface area contributed by atoms with E-state index in [1.165, 1.54) is 0 Å². The minimum Gasteiger partial charge on any atom is -0.337 e. The van der Waals surface area contributed by atoms with Crippen molar-refractivity contribution in [1.82, 2.24) is 15.3 Å². The summed E-state index contributed by atoms with van der Waals surface area (Å²) >= 11 is 3.52. The molecule has 1 aromatic rings. The summed E-state index contributed by atoms with van der Waals surface area (Å²) in [4.78, 5) is 10.9. The Morgan fingerprint density at radius 1 is 1.46 bits per heavy atom. The predicted molar refractivity (Wildman–Crippen MR) is 55.0 cm³/mol. The minimum absolute atomic E-state index is 0.338. The zero-order chi connectivity index (χ0) is 9.10. The quantitative estimate of drug-likeness (QED) is 0.579. The summed E-state index contributed by atoms with van der Waals surface area (Å²) in [5, 5.41) is 3.30. The molecular formula is C8H11BrN4. The number of anilines is 1. The average molecular weight is 243 g/mol. The Hall–Kier alpha value is -0.680. The van der Waals surface area contributed by atoms with Crippen molar-refractivity contribution in [1.29, 1.82) is 0 Å². The van der Waals surface area contributed by atoms with Crippen LogP contribution in [0.5, 0.6) is 0 Å². The van der Waals surface area contributed by atoms with Crippen molar-refractivity contribution in [2.75, 3.05) is 24.5 Å². The number of halogens is 1. The van der Waals surface area contributed by atoms with Crippen LogP contribution < -0.4 is 10.2 Å².